The quantitative estimate of drug-likeness (QED) is 0.764. The van der Waals surface area contributed by atoms with Crippen molar-refractivity contribution in [1.82, 2.24) is 4.98 Å². The summed E-state index contributed by atoms with van der Waals surface area (Å²) in [5.74, 6) is 0. The minimum atomic E-state index is -3.91. The Morgan fingerprint density at radius 1 is 1.12 bits per heavy atom. The van der Waals surface area contributed by atoms with Crippen LogP contribution < -0.4 is 4.90 Å². The molecule has 1 aromatic heterocycles. The monoisotopic (exact) mass is 414 g/mol. The minimum absolute atomic E-state index is 0.124. The Labute approximate surface area is 158 Å². The van der Waals surface area contributed by atoms with Gasteiger partial charge in [0.25, 0.3) is 0 Å². The van der Waals surface area contributed by atoms with E-state index in [2.05, 4.69) is 4.98 Å². The molecule has 2 heterocycles. The number of aromatic nitrogens is 1. The molecule has 1 saturated heterocycles. The lowest BCUT2D eigenvalue weighted by Crippen LogP contribution is -2.37. The van der Waals surface area contributed by atoms with Gasteiger partial charge in [-0.1, -0.05) is 29.0 Å². The van der Waals surface area contributed by atoms with Crippen molar-refractivity contribution in [2.45, 2.75) is 53.4 Å². The van der Waals surface area contributed by atoms with E-state index in [-0.39, 0.29) is 20.3 Å². The van der Waals surface area contributed by atoms with Crippen LogP contribution in [-0.2, 0) is 19.7 Å². The number of hydrogen-bond donors (Lipinski definition) is 0. The van der Waals surface area contributed by atoms with E-state index in [9.17, 15) is 16.8 Å². The number of aryl methyl sites for hydroxylation is 1. The second-order valence-corrected chi connectivity index (χ2v) is 11.7. The normalized spacial score (nSPS) is 18.9. The molecule has 3 rings (SSSR count). The standard InChI is InChI=1S/C17H22N2O4S3/c1-12-7-9-14(10-8-12)26(22,23)15-16(19-11-5-4-6-13(19)2)24-17(18-15)25(3,20)21/h7-10,13H,4-6,11H2,1-3H3/t13-/m0/s1. The summed E-state index contributed by atoms with van der Waals surface area (Å²) in [6.45, 7) is 4.60. The van der Waals surface area contributed by atoms with E-state index < -0.39 is 19.7 Å². The van der Waals surface area contributed by atoms with Crippen molar-refractivity contribution in [1.29, 1.82) is 0 Å². The first-order chi connectivity index (χ1) is 12.1. The predicted molar refractivity (Wildman–Crippen MR) is 103 cm³/mol. The molecule has 1 aliphatic heterocycles. The zero-order valence-electron chi connectivity index (χ0n) is 15.0. The Morgan fingerprint density at radius 2 is 1.77 bits per heavy atom. The van der Waals surface area contributed by atoms with Gasteiger partial charge >= 0.3 is 0 Å². The highest BCUT2D eigenvalue weighted by atomic mass is 32.2. The third-order valence-electron chi connectivity index (χ3n) is 4.53. The van der Waals surface area contributed by atoms with Crippen molar-refractivity contribution in [3.63, 3.8) is 0 Å². The van der Waals surface area contributed by atoms with Gasteiger partial charge < -0.3 is 4.90 Å². The molecule has 0 bridgehead atoms. The number of anilines is 1. The molecule has 0 radical (unpaired) electrons. The molecular formula is C17H22N2O4S3. The van der Waals surface area contributed by atoms with Crippen LogP contribution in [0.4, 0.5) is 5.00 Å². The van der Waals surface area contributed by atoms with Crippen LogP contribution in [0.1, 0.15) is 31.7 Å². The lowest BCUT2D eigenvalue weighted by molar-refractivity contribution is 0.484. The van der Waals surface area contributed by atoms with E-state index in [0.717, 1.165) is 42.4 Å². The van der Waals surface area contributed by atoms with Gasteiger partial charge in [-0.3, -0.25) is 0 Å². The smallest absolute Gasteiger partial charge is 0.226 e. The maximum absolute atomic E-state index is 13.2. The Kier molecular flexibility index (Phi) is 5.15. The molecule has 6 nitrogen and oxygen atoms in total. The van der Waals surface area contributed by atoms with Crippen molar-refractivity contribution in [2.24, 2.45) is 0 Å². The van der Waals surface area contributed by atoms with E-state index in [1.165, 1.54) is 12.1 Å². The highest BCUT2D eigenvalue weighted by Crippen LogP contribution is 2.39. The van der Waals surface area contributed by atoms with Crippen molar-refractivity contribution in [3.05, 3.63) is 29.8 Å². The van der Waals surface area contributed by atoms with Crippen molar-refractivity contribution in [3.8, 4) is 0 Å². The molecular weight excluding hydrogens is 392 g/mol. The summed E-state index contributed by atoms with van der Waals surface area (Å²) in [5.41, 5.74) is 0.948. The number of benzene rings is 1. The van der Waals surface area contributed by atoms with Gasteiger partial charge in [0.1, 0.15) is 5.00 Å². The van der Waals surface area contributed by atoms with E-state index in [0.29, 0.717) is 11.5 Å². The van der Waals surface area contributed by atoms with Gasteiger partial charge in [-0.15, -0.1) is 0 Å². The topological polar surface area (TPSA) is 84.4 Å². The van der Waals surface area contributed by atoms with Crippen molar-refractivity contribution >= 4 is 36.0 Å². The molecule has 1 aliphatic rings. The molecule has 0 amide bonds. The number of piperidine rings is 1. The van der Waals surface area contributed by atoms with Gasteiger partial charge in [0.2, 0.25) is 24.0 Å². The zero-order valence-corrected chi connectivity index (χ0v) is 17.4. The maximum atomic E-state index is 13.2. The van der Waals surface area contributed by atoms with Gasteiger partial charge in [-0.2, -0.15) is 0 Å². The zero-order chi connectivity index (χ0) is 19.1. The molecule has 0 N–H and O–H groups in total. The van der Waals surface area contributed by atoms with E-state index in [1.807, 2.05) is 18.7 Å². The molecule has 0 unspecified atom stereocenters. The maximum Gasteiger partial charge on any atom is 0.226 e. The lowest BCUT2D eigenvalue weighted by Gasteiger charge is -2.34. The highest BCUT2D eigenvalue weighted by molar-refractivity contribution is 7.93. The lowest BCUT2D eigenvalue weighted by atomic mass is 10.0. The molecule has 142 valence electrons. The van der Waals surface area contributed by atoms with Crippen LogP contribution in [0.2, 0.25) is 0 Å². The third-order valence-corrected chi connectivity index (χ3v) is 9.11. The molecule has 1 fully saturated rings. The summed E-state index contributed by atoms with van der Waals surface area (Å²) in [5, 5.41) is 0.277. The average molecular weight is 415 g/mol. The van der Waals surface area contributed by atoms with Gasteiger partial charge in [0.05, 0.1) is 4.90 Å². The van der Waals surface area contributed by atoms with Crippen LogP contribution in [0.25, 0.3) is 0 Å². The van der Waals surface area contributed by atoms with Gasteiger partial charge in [-0.05, 0) is 45.2 Å². The third kappa shape index (κ3) is 3.65. The molecule has 0 spiro atoms. The summed E-state index contributed by atoms with van der Waals surface area (Å²) in [6.07, 6.45) is 4.02. The van der Waals surface area contributed by atoms with Gasteiger partial charge in [-0.25, -0.2) is 21.8 Å². The number of rotatable bonds is 4. The van der Waals surface area contributed by atoms with Crippen LogP contribution in [0, 0.1) is 6.92 Å². The van der Waals surface area contributed by atoms with Gasteiger partial charge in [0.15, 0.2) is 5.03 Å². The van der Waals surface area contributed by atoms with Crippen molar-refractivity contribution < 1.29 is 16.8 Å². The average Bonchev–Trinajstić information content (AvgIpc) is 3.02. The Morgan fingerprint density at radius 3 is 2.35 bits per heavy atom. The Bertz CT molecular complexity index is 1010. The summed E-state index contributed by atoms with van der Waals surface area (Å²) in [4.78, 5) is 6.17. The molecule has 1 aromatic carbocycles. The first-order valence-electron chi connectivity index (χ1n) is 8.40. The molecule has 26 heavy (non-hydrogen) atoms. The second-order valence-electron chi connectivity index (χ2n) is 6.72. The first-order valence-corrected chi connectivity index (χ1v) is 12.6. The number of sulfone groups is 2. The van der Waals surface area contributed by atoms with E-state index >= 15 is 0 Å². The second kappa shape index (κ2) is 6.94. The molecule has 1 atom stereocenters. The van der Waals surface area contributed by atoms with Crippen LogP contribution in [0.5, 0.6) is 0 Å². The molecule has 0 saturated carbocycles. The fraction of sp³-hybridized carbons (Fsp3) is 0.471. The highest BCUT2D eigenvalue weighted by Gasteiger charge is 2.33. The number of nitrogens with zero attached hydrogens (tertiary/aromatic N) is 2. The summed E-state index contributed by atoms with van der Waals surface area (Å²) < 4.78 is 50.2. The SMILES string of the molecule is Cc1ccc(S(=O)(=O)c2nc(S(C)(=O)=O)sc2N2CCCC[C@@H]2C)cc1. The van der Waals surface area contributed by atoms with E-state index in [4.69, 9.17) is 0 Å². The Hall–Kier alpha value is -1.45. The summed E-state index contributed by atoms with van der Waals surface area (Å²) >= 11 is 0.949. The first kappa shape index (κ1) is 19.3. The number of hydrogen-bond acceptors (Lipinski definition) is 7. The summed E-state index contributed by atoms with van der Waals surface area (Å²) in [6, 6.07) is 6.66. The largest absolute Gasteiger partial charge is 0.358 e. The van der Waals surface area contributed by atoms with E-state index in [1.54, 1.807) is 12.1 Å². The fourth-order valence-electron chi connectivity index (χ4n) is 3.02. The van der Waals surface area contributed by atoms with Crippen LogP contribution in [0.3, 0.4) is 0 Å². The number of thiazole rings is 1. The molecule has 0 aliphatic carbocycles. The molecule has 9 heteroatoms. The Balaban J connectivity index is 2.19. The van der Waals surface area contributed by atoms with Gasteiger partial charge in [0, 0.05) is 18.8 Å². The predicted octanol–water partition coefficient (Wildman–Crippen LogP) is 3.07. The van der Waals surface area contributed by atoms with Crippen LogP contribution >= 0.6 is 11.3 Å². The summed E-state index contributed by atoms with van der Waals surface area (Å²) in [7, 11) is -7.50. The van der Waals surface area contributed by atoms with Crippen LogP contribution in [0.15, 0.2) is 38.5 Å². The fourth-order valence-corrected chi connectivity index (χ4v) is 6.79. The minimum Gasteiger partial charge on any atom is -0.358 e. The van der Waals surface area contributed by atoms with Crippen LogP contribution in [-0.4, -0.2) is 40.7 Å². The molecule has 2 aromatic rings. The van der Waals surface area contributed by atoms with Crippen molar-refractivity contribution in [2.75, 3.05) is 17.7 Å².